The summed E-state index contributed by atoms with van der Waals surface area (Å²) in [7, 11) is 0. The Hall–Kier alpha value is -1.37. The molecule has 5 nitrogen and oxygen atoms in total. The van der Waals surface area contributed by atoms with Gasteiger partial charge < -0.3 is 5.11 Å². The molecular weight excluding hydrogens is 311 g/mol. The van der Waals surface area contributed by atoms with Gasteiger partial charge >= 0.3 is 5.97 Å². The van der Waals surface area contributed by atoms with Crippen LogP contribution in [-0.4, -0.2) is 20.6 Å². The van der Waals surface area contributed by atoms with Gasteiger partial charge in [-0.25, -0.2) is 9.78 Å². The maximum absolute atomic E-state index is 12.2. The highest BCUT2D eigenvalue weighted by atomic mass is 35.5. The Morgan fingerprint density at radius 2 is 2.32 bits per heavy atom. The van der Waals surface area contributed by atoms with Gasteiger partial charge in [-0.3, -0.25) is 9.36 Å². The maximum Gasteiger partial charge on any atom is 0.346 e. The number of hydrogen-bond acceptors (Lipinski definition) is 4. The van der Waals surface area contributed by atoms with Crippen LogP contribution in [0.3, 0.4) is 0 Å². The second-order valence-electron chi connectivity index (χ2n) is 3.78. The van der Waals surface area contributed by atoms with Crippen LogP contribution in [0.1, 0.15) is 15.2 Å². The fourth-order valence-electron chi connectivity index (χ4n) is 1.67. The van der Waals surface area contributed by atoms with Crippen LogP contribution < -0.4 is 5.56 Å². The lowest BCUT2D eigenvalue weighted by atomic mass is 10.2. The summed E-state index contributed by atoms with van der Waals surface area (Å²) in [6.07, 6.45) is 1.33. The van der Waals surface area contributed by atoms with E-state index in [2.05, 4.69) is 4.98 Å². The molecule has 0 saturated heterocycles. The maximum atomic E-state index is 12.2. The molecule has 0 aliphatic carbocycles. The minimum absolute atomic E-state index is 0.102. The van der Waals surface area contributed by atoms with Gasteiger partial charge in [-0.15, -0.1) is 11.3 Å². The highest BCUT2D eigenvalue weighted by molar-refractivity contribution is 7.20. The summed E-state index contributed by atoms with van der Waals surface area (Å²) in [4.78, 5) is 27.9. The lowest BCUT2D eigenvalue weighted by molar-refractivity contribution is 0.0701. The predicted molar refractivity (Wildman–Crippen MR) is 75.4 cm³/mol. The largest absolute Gasteiger partial charge is 0.477 e. The predicted octanol–water partition coefficient (Wildman–Crippen LogP) is 2.78. The van der Waals surface area contributed by atoms with Crippen LogP contribution in [0.4, 0.5) is 0 Å². The molecule has 1 N–H and O–H groups in total. The SMILES string of the molecule is Cc1c(C(=O)O)sc2ncn(CC(Cl)=CCl)c(=O)c12. The standard InChI is InChI=1S/C11H8Cl2N2O3S/c1-5-7-9(19-8(5)11(17)18)14-4-15(10(7)16)3-6(13)2-12/h2,4H,3H2,1H3,(H,17,18). The van der Waals surface area contributed by atoms with Gasteiger partial charge in [0.05, 0.1) is 18.3 Å². The molecule has 0 amide bonds. The summed E-state index contributed by atoms with van der Waals surface area (Å²) in [6, 6.07) is 0. The molecule has 0 atom stereocenters. The van der Waals surface area contributed by atoms with E-state index in [0.717, 1.165) is 11.3 Å². The number of fused-ring (bicyclic) bond motifs is 1. The minimum atomic E-state index is -1.06. The first kappa shape index (κ1) is 14.0. The molecule has 2 heterocycles. The molecule has 0 saturated carbocycles. The van der Waals surface area contributed by atoms with Gasteiger partial charge in [0.15, 0.2) is 0 Å². The van der Waals surface area contributed by atoms with E-state index in [1.54, 1.807) is 6.92 Å². The van der Waals surface area contributed by atoms with E-state index < -0.39 is 5.97 Å². The van der Waals surface area contributed by atoms with Gasteiger partial charge in [0.25, 0.3) is 5.56 Å². The third-order valence-corrected chi connectivity index (χ3v) is 4.34. The summed E-state index contributed by atoms with van der Waals surface area (Å²) < 4.78 is 1.29. The fraction of sp³-hybridized carbons (Fsp3) is 0.182. The quantitative estimate of drug-likeness (QED) is 0.944. The van der Waals surface area contributed by atoms with Crippen LogP contribution in [0.15, 0.2) is 21.7 Å². The Morgan fingerprint density at radius 3 is 2.89 bits per heavy atom. The van der Waals surface area contributed by atoms with Crippen LogP contribution in [0, 0.1) is 6.92 Å². The van der Waals surface area contributed by atoms with Gasteiger partial charge in [0.1, 0.15) is 9.71 Å². The first-order valence-corrected chi connectivity index (χ1v) is 6.75. The van der Waals surface area contributed by atoms with Crippen molar-refractivity contribution in [2.45, 2.75) is 13.5 Å². The van der Waals surface area contributed by atoms with Crippen LogP contribution in [0.25, 0.3) is 10.2 Å². The Kier molecular flexibility index (Phi) is 3.93. The number of aryl methyl sites for hydroxylation is 1. The zero-order chi connectivity index (χ0) is 14.2. The number of carboxylic acid groups (broad SMARTS) is 1. The van der Waals surface area contributed by atoms with Crippen molar-refractivity contribution in [3.05, 3.63) is 37.7 Å². The van der Waals surface area contributed by atoms with Crippen molar-refractivity contribution >= 4 is 50.7 Å². The van der Waals surface area contributed by atoms with Crippen LogP contribution in [0.5, 0.6) is 0 Å². The molecule has 100 valence electrons. The highest BCUT2D eigenvalue weighted by Crippen LogP contribution is 2.26. The van der Waals surface area contributed by atoms with Crippen molar-refractivity contribution in [3.63, 3.8) is 0 Å². The first-order chi connectivity index (χ1) is 8.95. The molecule has 0 radical (unpaired) electrons. The Balaban J connectivity index is 2.68. The number of halogens is 2. The van der Waals surface area contributed by atoms with Gasteiger partial charge in [-0.05, 0) is 12.5 Å². The number of rotatable bonds is 3. The molecule has 0 unspecified atom stereocenters. The highest BCUT2D eigenvalue weighted by Gasteiger charge is 2.18. The van der Waals surface area contributed by atoms with Gasteiger partial charge in [-0.2, -0.15) is 0 Å². The second-order valence-corrected chi connectivity index (χ2v) is 5.48. The van der Waals surface area contributed by atoms with Crippen molar-refractivity contribution in [2.75, 3.05) is 0 Å². The topological polar surface area (TPSA) is 72.2 Å². The fourth-order valence-corrected chi connectivity index (χ4v) is 2.85. The van der Waals surface area contributed by atoms with E-state index in [9.17, 15) is 9.59 Å². The van der Waals surface area contributed by atoms with Crippen molar-refractivity contribution in [3.8, 4) is 0 Å². The van der Waals surface area contributed by atoms with Crippen LogP contribution >= 0.6 is 34.5 Å². The zero-order valence-corrected chi connectivity index (χ0v) is 12.0. The van der Waals surface area contributed by atoms with E-state index in [0.29, 0.717) is 15.8 Å². The van der Waals surface area contributed by atoms with Crippen molar-refractivity contribution in [2.24, 2.45) is 0 Å². The second kappa shape index (κ2) is 5.32. The molecule has 19 heavy (non-hydrogen) atoms. The molecule has 0 aliphatic rings. The average molecular weight is 319 g/mol. The summed E-state index contributed by atoms with van der Waals surface area (Å²) in [6.45, 7) is 1.69. The van der Waals surface area contributed by atoms with Crippen molar-refractivity contribution in [1.82, 2.24) is 9.55 Å². The summed E-state index contributed by atoms with van der Waals surface area (Å²) in [5, 5.41) is 9.63. The number of carboxylic acids is 1. The first-order valence-electron chi connectivity index (χ1n) is 5.12. The van der Waals surface area contributed by atoms with Gasteiger partial charge in [0, 0.05) is 10.6 Å². The molecular formula is C11H8Cl2N2O3S. The number of hydrogen-bond donors (Lipinski definition) is 1. The summed E-state index contributed by atoms with van der Waals surface area (Å²) in [5.41, 5.74) is 1.26. The number of carbonyl (C=O) groups is 1. The zero-order valence-electron chi connectivity index (χ0n) is 9.68. The number of aromatic carboxylic acids is 1. The third kappa shape index (κ3) is 2.51. The molecule has 0 spiro atoms. The van der Waals surface area contributed by atoms with Crippen molar-refractivity contribution in [1.29, 1.82) is 0 Å². The Morgan fingerprint density at radius 1 is 1.63 bits per heavy atom. The molecule has 2 aromatic heterocycles. The molecule has 0 fully saturated rings. The summed E-state index contributed by atoms with van der Waals surface area (Å²) >= 11 is 12.2. The summed E-state index contributed by atoms with van der Waals surface area (Å²) in [5.74, 6) is -1.06. The van der Waals surface area contributed by atoms with E-state index >= 15 is 0 Å². The van der Waals surface area contributed by atoms with E-state index in [1.165, 1.54) is 16.4 Å². The molecule has 2 aromatic rings. The normalized spacial score (nSPS) is 12.1. The van der Waals surface area contributed by atoms with Crippen molar-refractivity contribution < 1.29 is 9.90 Å². The lowest BCUT2D eigenvalue weighted by Crippen LogP contribution is -2.20. The van der Waals surface area contributed by atoms with Crippen LogP contribution in [-0.2, 0) is 6.54 Å². The Labute approximate surface area is 121 Å². The number of nitrogens with zero attached hydrogens (tertiary/aromatic N) is 2. The van der Waals surface area contributed by atoms with E-state index in [1.807, 2.05) is 0 Å². The molecule has 0 aliphatic heterocycles. The molecule has 0 aromatic carbocycles. The third-order valence-electron chi connectivity index (χ3n) is 2.55. The number of allylic oxidation sites excluding steroid dienone is 1. The number of thiophene rings is 1. The average Bonchev–Trinajstić information content (AvgIpc) is 2.71. The minimum Gasteiger partial charge on any atom is -0.477 e. The van der Waals surface area contributed by atoms with E-state index in [-0.39, 0.29) is 22.0 Å². The van der Waals surface area contributed by atoms with E-state index in [4.69, 9.17) is 28.3 Å². The monoisotopic (exact) mass is 318 g/mol. The molecule has 2 rings (SSSR count). The smallest absolute Gasteiger partial charge is 0.346 e. The Bertz CT molecular complexity index is 748. The molecule has 8 heteroatoms. The van der Waals surface area contributed by atoms with Crippen LogP contribution in [0.2, 0.25) is 0 Å². The molecule has 0 bridgehead atoms. The lowest BCUT2D eigenvalue weighted by Gasteiger charge is -2.03. The number of aromatic nitrogens is 2. The van der Waals surface area contributed by atoms with Gasteiger partial charge in [-0.1, -0.05) is 23.2 Å². The van der Waals surface area contributed by atoms with Gasteiger partial charge in [0.2, 0.25) is 0 Å².